The highest BCUT2D eigenvalue weighted by Crippen LogP contribution is 2.31. The zero-order chi connectivity index (χ0) is 20.6. The molecule has 1 aliphatic heterocycles. The summed E-state index contributed by atoms with van der Waals surface area (Å²) >= 11 is 1.67. The second-order valence-corrected chi connectivity index (χ2v) is 10.4. The molecule has 0 N–H and O–H groups in total. The van der Waals surface area contributed by atoms with Gasteiger partial charge in [0.1, 0.15) is 0 Å². The molecule has 6 nitrogen and oxygen atoms in total. The number of rotatable bonds is 4. The van der Waals surface area contributed by atoms with Gasteiger partial charge in [-0.15, -0.1) is 11.3 Å². The summed E-state index contributed by atoms with van der Waals surface area (Å²) in [6, 6.07) is 6.02. The van der Waals surface area contributed by atoms with Crippen LogP contribution in [0, 0.1) is 0 Å². The number of sulfonamides is 1. The molecular weight excluding hydrogens is 408 g/mol. The molecule has 0 spiro atoms. The van der Waals surface area contributed by atoms with Gasteiger partial charge in [0.2, 0.25) is 10.0 Å². The molecule has 0 radical (unpaired) electrons. The molecule has 1 aliphatic carbocycles. The van der Waals surface area contributed by atoms with Gasteiger partial charge >= 0.3 is 0 Å². The highest BCUT2D eigenvalue weighted by atomic mass is 32.2. The van der Waals surface area contributed by atoms with Crippen LogP contribution in [-0.2, 0) is 22.9 Å². The van der Waals surface area contributed by atoms with E-state index in [0.29, 0.717) is 18.7 Å². The van der Waals surface area contributed by atoms with Crippen LogP contribution in [0.25, 0.3) is 0 Å². The molecule has 1 aromatic heterocycles. The fourth-order valence-corrected chi connectivity index (χ4v) is 6.53. The number of aryl methyl sites for hydroxylation is 1. The Kier molecular flexibility index (Phi) is 5.59. The molecule has 8 heteroatoms. The highest BCUT2D eigenvalue weighted by molar-refractivity contribution is 7.89. The molecular formula is C21H24N2O4S2. The number of hydrogen-bond donors (Lipinski definition) is 0. The average molecular weight is 433 g/mol. The van der Waals surface area contributed by atoms with Crippen LogP contribution in [0.4, 0.5) is 0 Å². The molecule has 0 atom stereocenters. The summed E-state index contributed by atoms with van der Waals surface area (Å²) < 4.78 is 27.2. The van der Waals surface area contributed by atoms with Gasteiger partial charge in [0.15, 0.2) is 5.78 Å². The zero-order valence-corrected chi connectivity index (χ0v) is 18.0. The zero-order valence-electron chi connectivity index (χ0n) is 16.4. The van der Waals surface area contributed by atoms with Gasteiger partial charge in [-0.25, -0.2) is 8.42 Å². The minimum atomic E-state index is -3.64. The van der Waals surface area contributed by atoms with E-state index < -0.39 is 10.0 Å². The maximum atomic E-state index is 13.0. The third kappa shape index (κ3) is 3.89. The summed E-state index contributed by atoms with van der Waals surface area (Å²) in [5.74, 6) is -0.0797. The van der Waals surface area contributed by atoms with Gasteiger partial charge in [-0.05, 0) is 50.3 Å². The highest BCUT2D eigenvalue weighted by Gasteiger charge is 2.32. The Morgan fingerprint density at radius 1 is 0.966 bits per heavy atom. The van der Waals surface area contributed by atoms with Gasteiger partial charge in [-0.2, -0.15) is 4.31 Å². The lowest BCUT2D eigenvalue weighted by molar-refractivity contribution is 0.0697. The first kappa shape index (κ1) is 20.3. The van der Waals surface area contributed by atoms with Crippen molar-refractivity contribution in [2.24, 2.45) is 0 Å². The number of ketones is 1. The molecule has 2 heterocycles. The van der Waals surface area contributed by atoms with Gasteiger partial charge < -0.3 is 4.90 Å². The van der Waals surface area contributed by atoms with E-state index in [2.05, 4.69) is 0 Å². The number of benzene rings is 1. The molecule has 0 unspecified atom stereocenters. The van der Waals surface area contributed by atoms with Crippen LogP contribution in [-0.4, -0.2) is 55.5 Å². The lowest BCUT2D eigenvalue weighted by atomic mass is 9.95. The molecule has 1 saturated heterocycles. The summed E-state index contributed by atoms with van der Waals surface area (Å²) in [6.45, 7) is 2.76. The summed E-state index contributed by atoms with van der Waals surface area (Å²) in [5, 5.41) is 1.97. The summed E-state index contributed by atoms with van der Waals surface area (Å²) in [5.41, 5.74) is 2.49. The van der Waals surface area contributed by atoms with Crippen LogP contribution in [0.3, 0.4) is 0 Å². The Balaban J connectivity index is 1.44. The second-order valence-electron chi connectivity index (χ2n) is 7.54. The van der Waals surface area contributed by atoms with E-state index in [1.807, 2.05) is 5.38 Å². The second kappa shape index (κ2) is 8.01. The maximum absolute atomic E-state index is 13.0. The number of hydrogen-bond acceptors (Lipinski definition) is 5. The fourth-order valence-electron chi connectivity index (χ4n) is 3.99. The number of amides is 1. The lowest BCUT2D eigenvalue weighted by Crippen LogP contribution is -2.50. The molecule has 0 saturated carbocycles. The molecule has 29 heavy (non-hydrogen) atoms. The Bertz CT molecular complexity index is 1030. The van der Waals surface area contributed by atoms with Gasteiger partial charge in [0.05, 0.1) is 10.5 Å². The number of fused-ring (bicyclic) bond motifs is 1. The number of thiophene rings is 1. The van der Waals surface area contributed by atoms with E-state index in [4.69, 9.17) is 0 Å². The van der Waals surface area contributed by atoms with Gasteiger partial charge in [-0.1, -0.05) is 12.1 Å². The number of Topliss-reactive ketones (excluding diaryl/α,β-unsaturated/α-hetero) is 1. The first-order valence-electron chi connectivity index (χ1n) is 9.87. The van der Waals surface area contributed by atoms with Crippen molar-refractivity contribution in [2.45, 2.75) is 37.5 Å². The fraction of sp³-hybridized carbons (Fsp3) is 0.429. The standard InChI is InChI=1S/C21H24N2O4S2/c1-15(24)16-6-8-17(9-7-16)29(26,27)23-12-10-22(11-13-23)21(25)19-14-28-20-5-3-2-4-18(19)20/h6-9,14H,2-5,10-13H2,1H3. The third-order valence-corrected chi connectivity index (χ3v) is 8.72. The summed E-state index contributed by atoms with van der Waals surface area (Å²) in [7, 11) is -3.64. The molecule has 2 aliphatic rings. The quantitative estimate of drug-likeness (QED) is 0.696. The van der Waals surface area contributed by atoms with Crippen molar-refractivity contribution in [3.8, 4) is 0 Å². The third-order valence-electron chi connectivity index (χ3n) is 5.72. The van der Waals surface area contributed by atoms with E-state index in [1.165, 1.54) is 52.4 Å². The van der Waals surface area contributed by atoms with Crippen molar-refractivity contribution >= 4 is 33.1 Å². The molecule has 1 aromatic carbocycles. The van der Waals surface area contributed by atoms with Gasteiger partial charge in [0, 0.05) is 42.0 Å². The van der Waals surface area contributed by atoms with Crippen LogP contribution in [0.5, 0.6) is 0 Å². The largest absolute Gasteiger partial charge is 0.336 e. The van der Waals surface area contributed by atoms with Gasteiger partial charge in [0.25, 0.3) is 5.91 Å². The summed E-state index contributed by atoms with van der Waals surface area (Å²) in [6.07, 6.45) is 4.33. The Morgan fingerprint density at radius 2 is 1.62 bits per heavy atom. The molecule has 154 valence electrons. The monoisotopic (exact) mass is 432 g/mol. The first-order chi connectivity index (χ1) is 13.9. The smallest absolute Gasteiger partial charge is 0.255 e. The number of piperazine rings is 1. The van der Waals surface area contributed by atoms with Crippen molar-refractivity contribution in [2.75, 3.05) is 26.2 Å². The molecule has 0 bridgehead atoms. The van der Waals surface area contributed by atoms with Crippen LogP contribution in [0.15, 0.2) is 34.5 Å². The lowest BCUT2D eigenvalue weighted by Gasteiger charge is -2.34. The van der Waals surface area contributed by atoms with E-state index in [9.17, 15) is 18.0 Å². The first-order valence-corrected chi connectivity index (χ1v) is 12.2. The Morgan fingerprint density at radius 3 is 2.28 bits per heavy atom. The van der Waals surface area contributed by atoms with Crippen LogP contribution >= 0.6 is 11.3 Å². The molecule has 2 aromatic rings. The van der Waals surface area contributed by atoms with Crippen molar-refractivity contribution in [1.82, 2.24) is 9.21 Å². The minimum Gasteiger partial charge on any atom is -0.336 e. The van der Waals surface area contributed by atoms with E-state index in [1.54, 1.807) is 16.2 Å². The van der Waals surface area contributed by atoms with Crippen molar-refractivity contribution < 1.29 is 18.0 Å². The van der Waals surface area contributed by atoms with E-state index >= 15 is 0 Å². The predicted octanol–water partition coefficient (Wildman–Crippen LogP) is 2.98. The van der Waals surface area contributed by atoms with Crippen molar-refractivity contribution in [1.29, 1.82) is 0 Å². The van der Waals surface area contributed by atoms with Crippen LogP contribution in [0.1, 0.15) is 50.9 Å². The van der Waals surface area contributed by atoms with Crippen LogP contribution < -0.4 is 0 Å². The summed E-state index contributed by atoms with van der Waals surface area (Å²) in [4.78, 5) is 27.7. The van der Waals surface area contributed by atoms with Crippen molar-refractivity contribution in [3.63, 3.8) is 0 Å². The Hall–Kier alpha value is -2.03. The molecule has 1 amide bonds. The minimum absolute atomic E-state index is 0.0206. The van der Waals surface area contributed by atoms with Gasteiger partial charge in [-0.3, -0.25) is 9.59 Å². The normalized spacial score (nSPS) is 17.8. The Labute approximate surface area is 175 Å². The number of carbonyl (C=O) groups excluding carboxylic acids is 2. The number of nitrogens with zero attached hydrogens (tertiary/aromatic N) is 2. The molecule has 4 rings (SSSR count). The van der Waals surface area contributed by atoms with E-state index in [-0.39, 0.29) is 29.7 Å². The van der Waals surface area contributed by atoms with Crippen molar-refractivity contribution in [3.05, 3.63) is 51.2 Å². The number of carbonyl (C=O) groups is 2. The molecule has 1 fully saturated rings. The van der Waals surface area contributed by atoms with Crippen LogP contribution in [0.2, 0.25) is 0 Å². The maximum Gasteiger partial charge on any atom is 0.255 e. The average Bonchev–Trinajstić information content (AvgIpc) is 3.17. The topological polar surface area (TPSA) is 74.8 Å². The SMILES string of the molecule is CC(=O)c1ccc(S(=O)(=O)N2CCN(C(=O)c3csc4c3CCCC4)CC2)cc1. The predicted molar refractivity (Wildman–Crippen MR) is 112 cm³/mol. The van der Waals surface area contributed by atoms with E-state index in [0.717, 1.165) is 24.8 Å².